The number of benzene rings is 1. The first-order valence-corrected chi connectivity index (χ1v) is 20.2. The number of H-pyrrole nitrogens is 2. The van der Waals surface area contributed by atoms with Gasteiger partial charge in [0.05, 0.1) is 60.3 Å². The van der Waals surface area contributed by atoms with Crippen molar-refractivity contribution in [3.63, 3.8) is 0 Å². The number of amides is 4. The van der Waals surface area contributed by atoms with Gasteiger partial charge in [-0.1, -0.05) is 64.8 Å². The molecule has 5 aromatic rings. The minimum absolute atomic E-state index is 0.0303. The van der Waals surface area contributed by atoms with E-state index < -0.39 is 6.09 Å². The van der Waals surface area contributed by atoms with Crippen LogP contribution in [-0.2, 0) is 26.2 Å². The van der Waals surface area contributed by atoms with Crippen LogP contribution in [0.2, 0.25) is 0 Å². The molecule has 4 N–H and O–H groups in total. The Labute approximate surface area is 334 Å². The van der Waals surface area contributed by atoms with E-state index in [1.807, 2.05) is 12.4 Å². The van der Waals surface area contributed by atoms with Crippen molar-refractivity contribution in [2.45, 2.75) is 73.1 Å². The molecule has 4 amide bonds. The van der Waals surface area contributed by atoms with Crippen molar-refractivity contribution in [2.24, 2.45) is 7.05 Å². The Morgan fingerprint density at radius 2 is 1.23 bits per heavy atom. The number of hydrogen-bond donors (Lipinski definition) is 4. The van der Waals surface area contributed by atoms with Crippen molar-refractivity contribution >= 4 is 45.4 Å². The van der Waals surface area contributed by atoms with Crippen LogP contribution in [0.4, 0.5) is 4.79 Å². The Morgan fingerprint density at radius 1 is 0.750 bits per heavy atom. The molecule has 0 radical (unpaired) electrons. The Balaban J connectivity index is 0.000000230. The lowest BCUT2D eigenvalue weighted by atomic mass is 10.1. The lowest BCUT2D eigenvalue weighted by Gasteiger charge is -2.14. The monoisotopic (exact) mass is 789 g/mol. The molecule has 0 saturated carbocycles. The lowest BCUT2D eigenvalue weighted by molar-refractivity contribution is -0.131. The zero-order valence-electron chi connectivity index (χ0n) is 33.9. The summed E-state index contributed by atoms with van der Waals surface area (Å²) in [6, 6.07) is 8.59. The first kappa shape index (κ1) is 45.0. The number of nitrogens with one attached hydrogen (secondary N) is 4. The van der Waals surface area contributed by atoms with Crippen LogP contribution in [-0.4, -0.2) is 104 Å². The highest BCUT2D eigenvalue weighted by Gasteiger charge is 2.19. The molecule has 2 aliphatic heterocycles. The molecule has 14 nitrogen and oxygen atoms in total. The molecule has 2 fully saturated rings. The van der Waals surface area contributed by atoms with Crippen LogP contribution in [0.1, 0.15) is 73.1 Å². The van der Waals surface area contributed by atoms with Crippen LogP contribution < -0.4 is 10.6 Å². The summed E-state index contributed by atoms with van der Waals surface area (Å²) in [5, 5.41) is 7.04. The molecule has 7 rings (SSSR count). The van der Waals surface area contributed by atoms with E-state index in [1.54, 1.807) is 33.8 Å². The van der Waals surface area contributed by atoms with Crippen LogP contribution in [0.25, 0.3) is 43.9 Å². The Bertz CT molecular complexity index is 1890. The number of carbonyl (C=O) groups is 4. The van der Waals surface area contributed by atoms with E-state index >= 15 is 0 Å². The highest BCUT2D eigenvalue weighted by atomic mass is 32.1. The van der Waals surface area contributed by atoms with Gasteiger partial charge in [0.25, 0.3) is 0 Å². The normalized spacial score (nSPS) is 12.8. The van der Waals surface area contributed by atoms with Crippen LogP contribution in [0.5, 0.6) is 0 Å². The van der Waals surface area contributed by atoms with Gasteiger partial charge in [0.15, 0.2) is 0 Å². The van der Waals surface area contributed by atoms with Gasteiger partial charge in [-0.3, -0.25) is 14.4 Å². The molecule has 2 saturated heterocycles. The second-order valence-electron chi connectivity index (χ2n) is 13.3. The SMILES string of the molecule is CC(=O)NCC(=O)N1CCCC1.CCC.CCC.COC(=O)NCC(=O)N1CCCC1.Cn1cc(-c2ccc(-c3cnc[nH]3)cc2)c2scc(-c3cnc[nH]3)c21. The number of rotatable bonds is 7. The minimum atomic E-state index is -0.562. The molecule has 0 unspecified atom stereocenters. The second kappa shape index (κ2) is 24.2. The molecule has 15 heteroatoms. The molecular weight excluding hydrogens is 731 g/mol. The highest BCUT2D eigenvalue weighted by Crippen LogP contribution is 2.40. The third-order valence-corrected chi connectivity index (χ3v) is 9.46. The molecule has 0 bridgehead atoms. The number of hydrogen-bond acceptors (Lipinski definition) is 8. The summed E-state index contributed by atoms with van der Waals surface area (Å²) in [6.07, 6.45) is 15.6. The maximum atomic E-state index is 11.3. The van der Waals surface area contributed by atoms with Crippen LogP contribution in [0.15, 0.2) is 60.9 Å². The third kappa shape index (κ3) is 13.7. The fourth-order valence-corrected chi connectivity index (χ4v) is 6.97. The molecule has 1 aromatic carbocycles. The van der Waals surface area contributed by atoms with Crippen molar-refractivity contribution in [3.05, 3.63) is 60.9 Å². The van der Waals surface area contributed by atoms with Gasteiger partial charge in [-0.25, -0.2) is 14.8 Å². The van der Waals surface area contributed by atoms with E-state index in [2.05, 4.69) is 110 Å². The first-order chi connectivity index (χ1) is 27.1. The first-order valence-electron chi connectivity index (χ1n) is 19.3. The van der Waals surface area contributed by atoms with Gasteiger partial charge in [-0.15, -0.1) is 11.3 Å². The maximum Gasteiger partial charge on any atom is 0.407 e. The summed E-state index contributed by atoms with van der Waals surface area (Å²) in [4.78, 5) is 61.8. The maximum absolute atomic E-state index is 11.3. The summed E-state index contributed by atoms with van der Waals surface area (Å²) < 4.78 is 7.83. The van der Waals surface area contributed by atoms with Crippen LogP contribution in [0.3, 0.4) is 0 Å². The number of thiophene rings is 1. The molecule has 2 aliphatic rings. The number of alkyl carbamates (subject to hydrolysis) is 1. The van der Waals surface area contributed by atoms with E-state index in [-0.39, 0.29) is 30.8 Å². The number of aromatic amines is 2. The predicted molar refractivity (Wildman–Crippen MR) is 224 cm³/mol. The largest absolute Gasteiger partial charge is 0.453 e. The standard InChI is InChI=1S/C19H15N5S.C8H14N2O3.C8H14N2O2.2C3H8/c1-24-8-14(12-2-4-13(5-3-12)16-6-20-10-22-16)19-18(24)15(9-25-19)17-7-21-11-23-17;1-13-8(12)9-6-7(11)10-4-2-3-5-10;1-7(11)9-6-8(12)10-4-2-3-5-10;2*1-3-2/h2-11H,1H3,(H,20,22)(H,21,23);2-6H2,1H3,(H,9,12);2-6H2,1H3,(H,9,11);2*3H2,1-2H3. The number of carbonyl (C=O) groups excluding carboxylic acids is 4. The summed E-state index contributed by atoms with van der Waals surface area (Å²) in [6.45, 7) is 13.4. The molecule has 4 aromatic heterocycles. The minimum Gasteiger partial charge on any atom is -0.453 e. The number of aryl methyl sites for hydroxylation is 1. The number of nitrogens with zero attached hydrogens (tertiary/aromatic N) is 5. The van der Waals surface area contributed by atoms with Crippen molar-refractivity contribution < 1.29 is 23.9 Å². The second-order valence-corrected chi connectivity index (χ2v) is 14.2. The number of imidazole rings is 2. The summed E-state index contributed by atoms with van der Waals surface area (Å²) >= 11 is 1.77. The molecular formula is C41H59N9O5S. The number of fused-ring (bicyclic) bond motifs is 1. The van der Waals surface area contributed by atoms with Crippen LogP contribution in [0, 0.1) is 0 Å². The van der Waals surface area contributed by atoms with Gasteiger partial charge in [0, 0.05) is 62.9 Å². The number of methoxy groups -OCH3 is 1. The van der Waals surface area contributed by atoms with E-state index in [9.17, 15) is 19.2 Å². The van der Waals surface area contributed by atoms with Gasteiger partial charge < -0.3 is 39.7 Å². The summed E-state index contributed by atoms with van der Waals surface area (Å²) in [5.41, 5.74) is 8.12. The van der Waals surface area contributed by atoms with E-state index in [0.717, 1.165) is 68.8 Å². The Morgan fingerprint density at radius 3 is 1.70 bits per heavy atom. The quantitative estimate of drug-likeness (QED) is 0.135. The van der Waals surface area contributed by atoms with Gasteiger partial charge in [0.1, 0.15) is 6.54 Å². The Kier molecular flexibility index (Phi) is 19.4. The molecule has 56 heavy (non-hydrogen) atoms. The van der Waals surface area contributed by atoms with Gasteiger partial charge in [-0.2, -0.15) is 0 Å². The molecule has 304 valence electrons. The molecule has 0 aliphatic carbocycles. The summed E-state index contributed by atoms with van der Waals surface area (Å²) in [7, 11) is 3.37. The van der Waals surface area contributed by atoms with E-state index in [1.165, 1.54) is 53.8 Å². The van der Waals surface area contributed by atoms with Crippen LogP contribution >= 0.6 is 11.3 Å². The highest BCUT2D eigenvalue weighted by molar-refractivity contribution is 7.18. The average molecular weight is 790 g/mol. The summed E-state index contributed by atoms with van der Waals surface area (Å²) in [5.74, 6) is -0.159. The fraction of sp³-hybridized carbons (Fsp3) is 0.463. The lowest BCUT2D eigenvalue weighted by Crippen LogP contribution is -2.38. The van der Waals surface area contributed by atoms with Gasteiger partial charge in [0.2, 0.25) is 17.7 Å². The molecule has 6 heterocycles. The fourth-order valence-electron chi connectivity index (χ4n) is 5.83. The number of aromatic nitrogens is 5. The molecule has 0 spiro atoms. The zero-order chi connectivity index (χ0) is 40.9. The van der Waals surface area contributed by atoms with E-state index in [4.69, 9.17) is 0 Å². The third-order valence-electron chi connectivity index (χ3n) is 8.45. The van der Waals surface area contributed by atoms with Crippen molar-refractivity contribution in [2.75, 3.05) is 46.4 Å². The number of likely N-dealkylation sites (tertiary alicyclic amines) is 2. The smallest absolute Gasteiger partial charge is 0.407 e. The topological polar surface area (TPSA) is 170 Å². The van der Waals surface area contributed by atoms with Crippen molar-refractivity contribution in [1.82, 2.24) is 44.9 Å². The van der Waals surface area contributed by atoms with E-state index in [0.29, 0.717) is 0 Å². The van der Waals surface area contributed by atoms with Gasteiger partial charge in [-0.05, 0) is 36.8 Å². The Hall–Kier alpha value is -5.44. The number of ether oxygens (including phenoxy) is 1. The average Bonchev–Trinajstić information content (AvgIpc) is 4.05. The van der Waals surface area contributed by atoms with Crippen molar-refractivity contribution in [3.8, 4) is 33.6 Å². The predicted octanol–water partition coefficient (Wildman–Crippen LogP) is 7.23. The van der Waals surface area contributed by atoms with Crippen molar-refractivity contribution in [1.29, 1.82) is 0 Å². The van der Waals surface area contributed by atoms with Gasteiger partial charge >= 0.3 is 6.09 Å². The molecule has 0 atom stereocenters. The zero-order valence-corrected chi connectivity index (χ0v) is 34.8.